The highest BCUT2D eigenvalue weighted by Crippen LogP contribution is 2.29. The first-order valence-corrected chi connectivity index (χ1v) is 9.06. The lowest BCUT2D eigenvalue weighted by Crippen LogP contribution is -2.29. The number of fused-ring (bicyclic) bond motifs is 1. The first-order chi connectivity index (χ1) is 12.5. The first-order valence-electron chi connectivity index (χ1n) is 8.68. The van der Waals surface area contributed by atoms with Crippen LogP contribution in [0.25, 0.3) is 10.8 Å². The molecule has 0 spiro atoms. The topological polar surface area (TPSA) is 69.2 Å². The molecule has 0 aliphatic carbocycles. The number of aliphatic hydroxyl groups excluding tert-OH is 1. The minimum atomic E-state index is -0.547. The molecule has 1 aromatic heterocycles. The molecule has 6 heteroatoms. The van der Waals surface area contributed by atoms with E-state index in [0.717, 1.165) is 22.2 Å². The molecule has 5 nitrogen and oxygen atoms in total. The number of nitrogens with zero attached hydrogens (tertiary/aromatic N) is 2. The van der Waals surface area contributed by atoms with Crippen molar-refractivity contribution in [2.24, 2.45) is 5.92 Å². The van der Waals surface area contributed by atoms with Crippen LogP contribution in [-0.2, 0) is 6.42 Å². The summed E-state index contributed by atoms with van der Waals surface area (Å²) in [6.45, 7) is 2.80. The van der Waals surface area contributed by atoms with Crippen molar-refractivity contribution in [1.29, 1.82) is 0 Å². The maximum absolute atomic E-state index is 13.1. The van der Waals surface area contributed by atoms with Gasteiger partial charge in [0.15, 0.2) is 0 Å². The summed E-state index contributed by atoms with van der Waals surface area (Å²) in [4.78, 5) is 14.8. The molecule has 1 aliphatic rings. The Bertz CT molecular complexity index is 969. The number of carbonyl (C=O) groups is 1. The van der Waals surface area contributed by atoms with Crippen molar-refractivity contribution >= 4 is 28.3 Å². The Morgan fingerprint density at radius 2 is 2.04 bits per heavy atom. The predicted molar refractivity (Wildman–Crippen MR) is 101 cm³/mol. The lowest BCUT2D eigenvalue weighted by Gasteiger charge is -2.17. The molecule has 2 heterocycles. The van der Waals surface area contributed by atoms with Gasteiger partial charge in [-0.05, 0) is 36.9 Å². The van der Waals surface area contributed by atoms with Crippen LogP contribution < -0.4 is 0 Å². The van der Waals surface area contributed by atoms with Crippen molar-refractivity contribution in [3.63, 3.8) is 0 Å². The molecule has 1 amide bonds. The number of H-pyrrole nitrogens is 1. The van der Waals surface area contributed by atoms with E-state index in [1.165, 1.54) is 0 Å². The molecular formula is C20H20ClN3O2. The van der Waals surface area contributed by atoms with Crippen LogP contribution in [0.3, 0.4) is 0 Å². The monoisotopic (exact) mass is 369 g/mol. The Morgan fingerprint density at radius 1 is 1.27 bits per heavy atom. The van der Waals surface area contributed by atoms with E-state index in [4.69, 9.17) is 11.6 Å². The van der Waals surface area contributed by atoms with Crippen LogP contribution >= 0.6 is 11.6 Å². The second kappa shape index (κ2) is 6.74. The normalized spacial score (nSPS) is 20.0. The van der Waals surface area contributed by atoms with E-state index in [-0.39, 0.29) is 11.8 Å². The summed E-state index contributed by atoms with van der Waals surface area (Å²) < 4.78 is 0. The van der Waals surface area contributed by atoms with Crippen LogP contribution in [-0.4, -0.2) is 45.3 Å². The van der Waals surface area contributed by atoms with Gasteiger partial charge >= 0.3 is 0 Å². The molecule has 0 unspecified atom stereocenters. The van der Waals surface area contributed by atoms with Crippen LogP contribution in [0.4, 0.5) is 0 Å². The molecule has 2 atom stereocenters. The van der Waals surface area contributed by atoms with E-state index >= 15 is 0 Å². The van der Waals surface area contributed by atoms with E-state index in [9.17, 15) is 9.90 Å². The molecule has 26 heavy (non-hydrogen) atoms. The maximum Gasteiger partial charge on any atom is 0.254 e. The Kier molecular flexibility index (Phi) is 4.42. The van der Waals surface area contributed by atoms with Gasteiger partial charge in [0.25, 0.3) is 5.91 Å². The standard InChI is InChI=1S/C20H20ClN3O2/c1-12-8-14(23-22-12)9-13-10-24(11-19(13)25)20(26)17-6-2-5-16-15(17)4-3-7-18(16)21/h2-8,13,19,25H,9-11H2,1H3,(H,22,23)/t13-,19+/m1/s1. The van der Waals surface area contributed by atoms with Gasteiger partial charge in [-0.1, -0.05) is 35.9 Å². The first kappa shape index (κ1) is 17.1. The second-order valence-corrected chi connectivity index (χ2v) is 7.33. The minimum Gasteiger partial charge on any atom is -0.391 e. The summed E-state index contributed by atoms with van der Waals surface area (Å²) >= 11 is 6.26. The van der Waals surface area contributed by atoms with Crippen molar-refractivity contribution in [2.45, 2.75) is 19.4 Å². The number of hydrogen-bond donors (Lipinski definition) is 2. The summed E-state index contributed by atoms with van der Waals surface area (Å²) in [5.74, 6) is -0.0853. The lowest BCUT2D eigenvalue weighted by molar-refractivity contribution is 0.0766. The molecule has 3 aromatic rings. The van der Waals surface area contributed by atoms with Gasteiger partial charge in [0.2, 0.25) is 0 Å². The van der Waals surface area contributed by atoms with Crippen LogP contribution in [0.15, 0.2) is 42.5 Å². The molecule has 1 saturated heterocycles. The van der Waals surface area contributed by atoms with E-state index in [2.05, 4.69) is 10.2 Å². The third-order valence-corrected chi connectivity index (χ3v) is 5.35. The fraction of sp³-hybridized carbons (Fsp3) is 0.300. The van der Waals surface area contributed by atoms with Gasteiger partial charge < -0.3 is 10.0 Å². The Balaban J connectivity index is 1.57. The maximum atomic E-state index is 13.1. The number of aliphatic hydroxyl groups is 1. The number of nitrogens with one attached hydrogen (secondary N) is 1. The third kappa shape index (κ3) is 3.08. The highest BCUT2D eigenvalue weighted by molar-refractivity contribution is 6.36. The van der Waals surface area contributed by atoms with Crippen molar-refractivity contribution in [2.75, 3.05) is 13.1 Å². The zero-order valence-corrected chi connectivity index (χ0v) is 15.2. The number of carbonyl (C=O) groups excluding carboxylic acids is 1. The number of amides is 1. The van der Waals surface area contributed by atoms with Gasteiger partial charge in [0.1, 0.15) is 0 Å². The third-order valence-electron chi connectivity index (χ3n) is 5.02. The van der Waals surface area contributed by atoms with Gasteiger partial charge in [-0.15, -0.1) is 0 Å². The molecule has 1 aliphatic heterocycles. The number of hydrogen-bond acceptors (Lipinski definition) is 3. The second-order valence-electron chi connectivity index (χ2n) is 6.92. The summed E-state index contributed by atoms with van der Waals surface area (Å²) in [5, 5.41) is 19.9. The van der Waals surface area contributed by atoms with Crippen molar-refractivity contribution in [3.8, 4) is 0 Å². The number of β-amino-alcohol motifs (C(OH)–C–C–N with tert-alkyl or cyclic N) is 1. The highest BCUT2D eigenvalue weighted by atomic mass is 35.5. The lowest BCUT2D eigenvalue weighted by atomic mass is 10.00. The van der Waals surface area contributed by atoms with Crippen LogP contribution in [0.5, 0.6) is 0 Å². The molecule has 134 valence electrons. The Hall–Kier alpha value is -2.37. The SMILES string of the molecule is Cc1cc(C[C@@H]2CN(C(=O)c3cccc4c(Cl)cccc34)C[C@@H]2O)n[nH]1. The van der Waals surface area contributed by atoms with Crippen molar-refractivity contribution in [3.05, 3.63) is 64.4 Å². The summed E-state index contributed by atoms with van der Waals surface area (Å²) in [6, 6.07) is 13.1. The predicted octanol–water partition coefficient (Wildman–Crippen LogP) is 3.20. The Morgan fingerprint density at radius 3 is 2.81 bits per heavy atom. The number of halogens is 1. The quantitative estimate of drug-likeness (QED) is 0.744. The largest absolute Gasteiger partial charge is 0.391 e. The van der Waals surface area contributed by atoms with E-state index in [1.54, 1.807) is 4.90 Å². The molecular weight excluding hydrogens is 350 g/mol. The molecule has 2 aromatic carbocycles. The average molecular weight is 370 g/mol. The van der Waals surface area contributed by atoms with Crippen LogP contribution in [0.2, 0.25) is 5.02 Å². The fourth-order valence-corrected chi connectivity index (χ4v) is 3.93. The molecule has 0 bridgehead atoms. The molecule has 2 N–H and O–H groups in total. The van der Waals surface area contributed by atoms with E-state index < -0.39 is 6.10 Å². The van der Waals surface area contributed by atoms with Gasteiger partial charge in [0.05, 0.1) is 11.8 Å². The van der Waals surface area contributed by atoms with Crippen LogP contribution in [0, 0.1) is 12.8 Å². The zero-order chi connectivity index (χ0) is 18.3. The number of aromatic amines is 1. The summed E-state index contributed by atoms with van der Waals surface area (Å²) in [5.41, 5.74) is 2.53. The van der Waals surface area contributed by atoms with E-state index in [0.29, 0.717) is 30.1 Å². The van der Waals surface area contributed by atoms with E-state index in [1.807, 2.05) is 49.4 Å². The molecule has 0 saturated carbocycles. The number of rotatable bonds is 3. The fourth-order valence-electron chi connectivity index (χ4n) is 3.70. The van der Waals surface area contributed by atoms with Gasteiger partial charge in [-0.2, -0.15) is 5.10 Å². The smallest absolute Gasteiger partial charge is 0.254 e. The van der Waals surface area contributed by atoms with Gasteiger partial charge in [-0.3, -0.25) is 9.89 Å². The van der Waals surface area contributed by atoms with Gasteiger partial charge in [-0.25, -0.2) is 0 Å². The number of aromatic nitrogens is 2. The van der Waals surface area contributed by atoms with Crippen molar-refractivity contribution in [1.82, 2.24) is 15.1 Å². The Labute approximate surface area is 156 Å². The number of likely N-dealkylation sites (tertiary alicyclic amines) is 1. The summed E-state index contributed by atoms with van der Waals surface area (Å²) in [6.07, 6.45) is 0.103. The van der Waals surface area contributed by atoms with Gasteiger partial charge in [0, 0.05) is 40.7 Å². The van der Waals surface area contributed by atoms with Crippen LogP contribution in [0.1, 0.15) is 21.7 Å². The molecule has 0 radical (unpaired) electrons. The summed E-state index contributed by atoms with van der Waals surface area (Å²) in [7, 11) is 0. The molecule has 4 rings (SSSR count). The van der Waals surface area contributed by atoms with Crippen molar-refractivity contribution < 1.29 is 9.90 Å². The zero-order valence-electron chi connectivity index (χ0n) is 14.4. The minimum absolute atomic E-state index is 0.0137. The number of aryl methyl sites for hydroxylation is 1. The number of benzene rings is 2. The molecule has 1 fully saturated rings. The average Bonchev–Trinajstić information content (AvgIpc) is 3.20. The highest BCUT2D eigenvalue weighted by Gasteiger charge is 2.35.